The van der Waals surface area contributed by atoms with Crippen LogP contribution >= 0.6 is 0 Å². The van der Waals surface area contributed by atoms with E-state index < -0.39 is 0 Å². The van der Waals surface area contributed by atoms with Crippen LogP contribution in [-0.4, -0.2) is 17.4 Å². The van der Waals surface area contributed by atoms with Crippen LogP contribution < -0.4 is 10.6 Å². The fraction of sp³-hybridized carbons (Fsp3) is 0.300. The Labute approximate surface area is 143 Å². The minimum atomic E-state index is -0.304. The third-order valence-electron chi connectivity index (χ3n) is 3.51. The summed E-state index contributed by atoms with van der Waals surface area (Å²) in [5.41, 5.74) is 2.93. The molecule has 0 heterocycles. The van der Waals surface area contributed by atoms with Gasteiger partial charge >= 0.3 is 0 Å². The number of hydrogen-bond donors (Lipinski definition) is 2. The van der Waals surface area contributed by atoms with Crippen LogP contribution in [0.15, 0.2) is 48.5 Å². The summed E-state index contributed by atoms with van der Waals surface area (Å²) in [6, 6.07) is 14.8. The van der Waals surface area contributed by atoms with E-state index in [2.05, 4.69) is 10.6 Å². The number of hydrogen-bond acceptors (Lipinski definition) is 2. The van der Waals surface area contributed by atoms with E-state index in [1.54, 1.807) is 24.3 Å². The van der Waals surface area contributed by atoms with Crippen LogP contribution in [0, 0.1) is 6.92 Å². The lowest BCUT2D eigenvalue weighted by molar-refractivity contribution is -0.115. The molecular formula is C20H24N2O2. The predicted molar refractivity (Wildman–Crippen MR) is 97.2 cm³/mol. The van der Waals surface area contributed by atoms with Crippen LogP contribution in [0.5, 0.6) is 0 Å². The molecule has 0 unspecified atom stereocenters. The molecule has 0 aliphatic carbocycles. The molecule has 2 rings (SSSR count). The van der Waals surface area contributed by atoms with Gasteiger partial charge in [0.1, 0.15) is 0 Å². The summed E-state index contributed by atoms with van der Waals surface area (Å²) in [6.45, 7) is 7.77. The summed E-state index contributed by atoms with van der Waals surface area (Å²) < 4.78 is 0. The minimum absolute atomic E-state index is 0.0994. The predicted octanol–water partition coefficient (Wildman–Crippen LogP) is 3.70. The second-order valence-corrected chi connectivity index (χ2v) is 6.94. The van der Waals surface area contributed by atoms with Crippen molar-refractivity contribution < 1.29 is 9.59 Å². The average Bonchev–Trinajstić information content (AvgIpc) is 2.48. The Bertz CT molecular complexity index is 745. The lowest BCUT2D eigenvalue weighted by Crippen LogP contribution is -2.40. The zero-order valence-corrected chi connectivity index (χ0v) is 14.6. The zero-order chi connectivity index (χ0) is 17.7. The van der Waals surface area contributed by atoms with E-state index >= 15 is 0 Å². The molecule has 24 heavy (non-hydrogen) atoms. The smallest absolute Gasteiger partial charge is 0.251 e. The van der Waals surface area contributed by atoms with Gasteiger partial charge in [0.15, 0.2) is 0 Å². The molecule has 0 aliphatic heterocycles. The maximum atomic E-state index is 12.2. The maximum Gasteiger partial charge on any atom is 0.251 e. The van der Waals surface area contributed by atoms with E-state index in [-0.39, 0.29) is 17.4 Å². The Hall–Kier alpha value is -2.62. The summed E-state index contributed by atoms with van der Waals surface area (Å²) in [4.78, 5) is 24.4. The molecule has 0 atom stereocenters. The van der Waals surface area contributed by atoms with Gasteiger partial charge in [-0.2, -0.15) is 0 Å². The molecule has 4 heteroatoms. The standard InChI is InChI=1S/C20H24N2O2/c1-14-8-5-6-9-15(14)13-18(23)21-17-11-7-10-16(12-17)19(24)22-20(2,3)4/h5-12H,13H2,1-4H3,(H,21,23)(H,22,24). The molecule has 0 aliphatic rings. The van der Waals surface area contributed by atoms with E-state index in [9.17, 15) is 9.59 Å². The fourth-order valence-corrected chi connectivity index (χ4v) is 2.34. The number of aryl methyl sites for hydroxylation is 1. The maximum absolute atomic E-state index is 12.2. The van der Waals surface area contributed by atoms with Crippen LogP contribution in [0.25, 0.3) is 0 Å². The highest BCUT2D eigenvalue weighted by atomic mass is 16.2. The summed E-state index contributed by atoms with van der Waals surface area (Å²) >= 11 is 0. The topological polar surface area (TPSA) is 58.2 Å². The molecule has 2 N–H and O–H groups in total. The van der Waals surface area contributed by atoms with E-state index in [4.69, 9.17) is 0 Å². The van der Waals surface area contributed by atoms with E-state index in [1.165, 1.54) is 0 Å². The third kappa shape index (κ3) is 5.23. The van der Waals surface area contributed by atoms with Crippen molar-refractivity contribution in [3.05, 3.63) is 65.2 Å². The van der Waals surface area contributed by atoms with Crippen molar-refractivity contribution in [2.75, 3.05) is 5.32 Å². The number of amides is 2. The van der Waals surface area contributed by atoms with Crippen LogP contribution in [0.4, 0.5) is 5.69 Å². The van der Waals surface area contributed by atoms with Gasteiger partial charge in [0.05, 0.1) is 6.42 Å². The molecule has 2 amide bonds. The van der Waals surface area contributed by atoms with Gasteiger partial charge in [-0.25, -0.2) is 0 Å². The van der Waals surface area contributed by atoms with Gasteiger partial charge in [-0.3, -0.25) is 9.59 Å². The van der Waals surface area contributed by atoms with Crippen molar-refractivity contribution in [3.63, 3.8) is 0 Å². The normalized spacial score (nSPS) is 11.0. The Morgan fingerprint density at radius 3 is 2.38 bits per heavy atom. The highest BCUT2D eigenvalue weighted by molar-refractivity contribution is 5.97. The molecule has 126 valence electrons. The van der Waals surface area contributed by atoms with E-state index in [1.807, 2.05) is 52.0 Å². The van der Waals surface area contributed by atoms with Gasteiger partial charge in [0.2, 0.25) is 5.91 Å². The summed E-state index contributed by atoms with van der Waals surface area (Å²) in [5.74, 6) is -0.254. The van der Waals surface area contributed by atoms with Gasteiger partial charge in [-0.15, -0.1) is 0 Å². The average molecular weight is 324 g/mol. The second kappa shape index (κ2) is 7.30. The van der Waals surface area contributed by atoms with Crippen molar-refractivity contribution in [2.24, 2.45) is 0 Å². The highest BCUT2D eigenvalue weighted by Crippen LogP contribution is 2.14. The van der Waals surface area contributed by atoms with Crippen LogP contribution in [0.1, 0.15) is 42.3 Å². The van der Waals surface area contributed by atoms with Crippen molar-refractivity contribution in [3.8, 4) is 0 Å². The Balaban J connectivity index is 2.05. The lowest BCUT2D eigenvalue weighted by Gasteiger charge is -2.20. The molecule has 2 aromatic carbocycles. The molecule has 0 spiro atoms. The minimum Gasteiger partial charge on any atom is -0.347 e. The van der Waals surface area contributed by atoms with E-state index in [0.29, 0.717) is 17.7 Å². The number of rotatable bonds is 4. The Morgan fingerprint density at radius 2 is 1.71 bits per heavy atom. The number of benzene rings is 2. The summed E-state index contributed by atoms with van der Waals surface area (Å²) in [6.07, 6.45) is 0.311. The van der Waals surface area contributed by atoms with E-state index in [0.717, 1.165) is 11.1 Å². The molecule has 0 radical (unpaired) electrons. The molecule has 0 saturated carbocycles. The summed E-state index contributed by atoms with van der Waals surface area (Å²) in [5, 5.41) is 5.77. The zero-order valence-electron chi connectivity index (χ0n) is 14.6. The third-order valence-corrected chi connectivity index (χ3v) is 3.51. The number of nitrogens with one attached hydrogen (secondary N) is 2. The first kappa shape index (κ1) is 17.7. The van der Waals surface area contributed by atoms with Crippen LogP contribution in [-0.2, 0) is 11.2 Å². The molecule has 0 bridgehead atoms. The monoisotopic (exact) mass is 324 g/mol. The van der Waals surface area contributed by atoms with Gasteiger partial charge in [-0.1, -0.05) is 30.3 Å². The van der Waals surface area contributed by atoms with Crippen molar-refractivity contribution in [1.29, 1.82) is 0 Å². The molecule has 0 fully saturated rings. The van der Waals surface area contributed by atoms with Crippen molar-refractivity contribution in [1.82, 2.24) is 5.32 Å². The highest BCUT2D eigenvalue weighted by Gasteiger charge is 2.15. The number of carbonyl (C=O) groups is 2. The fourth-order valence-electron chi connectivity index (χ4n) is 2.34. The quantitative estimate of drug-likeness (QED) is 0.901. The van der Waals surface area contributed by atoms with Gasteiger partial charge < -0.3 is 10.6 Å². The first-order valence-corrected chi connectivity index (χ1v) is 8.01. The number of anilines is 1. The molecular weight excluding hydrogens is 300 g/mol. The molecule has 0 saturated heterocycles. The largest absolute Gasteiger partial charge is 0.347 e. The number of carbonyl (C=O) groups excluding carboxylic acids is 2. The van der Waals surface area contributed by atoms with Crippen molar-refractivity contribution >= 4 is 17.5 Å². The Kier molecular flexibility index (Phi) is 5.39. The summed E-state index contributed by atoms with van der Waals surface area (Å²) in [7, 11) is 0. The second-order valence-electron chi connectivity index (χ2n) is 6.94. The van der Waals surface area contributed by atoms with Gasteiger partial charge in [0, 0.05) is 16.8 Å². The van der Waals surface area contributed by atoms with Gasteiger partial charge in [-0.05, 0) is 57.0 Å². The molecule has 4 nitrogen and oxygen atoms in total. The SMILES string of the molecule is Cc1ccccc1CC(=O)Nc1cccc(C(=O)NC(C)(C)C)c1. The van der Waals surface area contributed by atoms with Crippen LogP contribution in [0.3, 0.4) is 0 Å². The Morgan fingerprint density at radius 1 is 1.00 bits per heavy atom. The lowest BCUT2D eigenvalue weighted by atomic mass is 10.1. The first-order chi connectivity index (χ1) is 11.2. The molecule has 0 aromatic heterocycles. The van der Waals surface area contributed by atoms with Crippen LogP contribution in [0.2, 0.25) is 0 Å². The molecule has 2 aromatic rings. The van der Waals surface area contributed by atoms with Gasteiger partial charge in [0.25, 0.3) is 5.91 Å². The van der Waals surface area contributed by atoms with Crippen molar-refractivity contribution in [2.45, 2.75) is 39.7 Å². The first-order valence-electron chi connectivity index (χ1n) is 8.01.